The summed E-state index contributed by atoms with van der Waals surface area (Å²) in [6.07, 6.45) is 0. The highest BCUT2D eigenvalue weighted by atomic mass is 32.2. The molecule has 17 heavy (non-hydrogen) atoms. The molecule has 0 aliphatic rings. The molecule has 0 bridgehead atoms. The van der Waals surface area contributed by atoms with E-state index in [1.807, 2.05) is 6.92 Å². The van der Waals surface area contributed by atoms with Gasteiger partial charge in [-0.1, -0.05) is 0 Å². The fourth-order valence-corrected chi connectivity index (χ4v) is 3.77. The minimum atomic E-state index is -3.45. The van der Waals surface area contributed by atoms with Crippen molar-refractivity contribution in [2.75, 3.05) is 26.8 Å². The number of aliphatic hydroxyl groups excluding tert-OH is 1. The Labute approximate surface area is 106 Å². The molecule has 1 heterocycles. The van der Waals surface area contributed by atoms with Gasteiger partial charge in [-0.25, -0.2) is 8.42 Å². The van der Waals surface area contributed by atoms with Gasteiger partial charge in [-0.15, -0.1) is 11.3 Å². The summed E-state index contributed by atoms with van der Waals surface area (Å²) >= 11 is 1.09. The van der Waals surface area contributed by atoms with Gasteiger partial charge in [0.1, 0.15) is 4.21 Å². The Morgan fingerprint density at radius 2 is 2.18 bits per heavy atom. The molecule has 5 nitrogen and oxygen atoms in total. The number of hydrogen-bond acceptors (Lipinski definition) is 5. The highest BCUT2D eigenvalue weighted by Crippen LogP contribution is 2.24. The van der Waals surface area contributed by atoms with Gasteiger partial charge in [-0.3, -0.25) is 0 Å². The van der Waals surface area contributed by atoms with E-state index in [-0.39, 0.29) is 10.8 Å². The lowest BCUT2D eigenvalue weighted by Crippen LogP contribution is -2.29. The van der Waals surface area contributed by atoms with Crippen LogP contribution in [0.2, 0.25) is 0 Å². The third-order valence-electron chi connectivity index (χ3n) is 2.21. The zero-order chi connectivity index (χ0) is 12.9. The standard InChI is InChI=1S/C10H17NO4S2/c1-3-15-7-6-11(2)17(13,14)10-5-4-9(8-12)16-10/h4-5,12H,3,6-8H2,1-2H3. The van der Waals surface area contributed by atoms with Gasteiger partial charge >= 0.3 is 0 Å². The van der Waals surface area contributed by atoms with Gasteiger partial charge in [0.15, 0.2) is 0 Å². The van der Waals surface area contributed by atoms with E-state index >= 15 is 0 Å². The van der Waals surface area contributed by atoms with Crippen LogP contribution in [0.1, 0.15) is 11.8 Å². The van der Waals surface area contributed by atoms with E-state index in [1.165, 1.54) is 17.4 Å². The second-order valence-corrected chi connectivity index (χ2v) is 6.84. The van der Waals surface area contributed by atoms with Crippen molar-refractivity contribution in [3.63, 3.8) is 0 Å². The minimum absolute atomic E-state index is 0.136. The average Bonchev–Trinajstić information content (AvgIpc) is 2.78. The van der Waals surface area contributed by atoms with E-state index in [9.17, 15) is 8.42 Å². The lowest BCUT2D eigenvalue weighted by molar-refractivity contribution is 0.138. The summed E-state index contributed by atoms with van der Waals surface area (Å²) in [5, 5.41) is 8.91. The first-order chi connectivity index (χ1) is 8.02. The van der Waals surface area contributed by atoms with Gasteiger partial charge in [0.2, 0.25) is 0 Å². The highest BCUT2D eigenvalue weighted by Gasteiger charge is 2.22. The van der Waals surface area contributed by atoms with E-state index in [0.29, 0.717) is 24.6 Å². The second-order valence-electron chi connectivity index (χ2n) is 3.40. The maximum Gasteiger partial charge on any atom is 0.252 e. The van der Waals surface area contributed by atoms with Crippen LogP contribution in [0.3, 0.4) is 0 Å². The van der Waals surface area contributed by atoms with Crippen LogP contribution in [0, 0.1) is 0 Å². The zero-order valence-corrected chi connectivity index (χ0v) is 11.6. The Morgan fingerprint density at radius 1 is 1.47 bits per heavy atom. The Morgan fingerprint density at radius 3 is 2.71 bits per heavy atom. The SMILES string of the molecule is CCOCCN(C)S(=O)(=O)c1ccc(CO)s1. The lowest BCUT2D eigenvalue weighted by Gasteiger charge is -2.15. The maximum atomic E-state index is 12.1. The molecule has 0 atom stereocenters. The van der Waals surface area contributed by atoms with E-state index in [4.69, 9.17) is 9.84 Å². The summed E-state index contributed by atoms with van der Waals surface area (Å²) in [4.78, 5) is 0.641. The molecule has 1 N–H and O–H groups in total. The first-order valence-electron chi connectivity index (χ1n) is 5.26. The molecular weight excluding hydrogens is 262 g/mol. The van der Waals surface area contributed by atoms with Gasteiger partial charge in [0, 0.05) is 25.1 Å². The van der Waals surface area contributed by atoms with Gasteiger partial charge < -0.3 is 9.84 Å². The van der Waals surface area contributed by atoms with Crippen LogP contribution in [-0.2, 0) is 21.4 Å². The molecule has 0 saturated heterocycles. The van der Waals surface area contributed by atoms with Gasteiger partial charge in [0.05, 0.1) is 13.2 Å². The average molecular weight is 279 g/mol. The van der Waals surface area contributed by atoms with Crippen LogP contribution in [-0.4, -0.2) is 44.6 Å². The summed E-state index contributed by atoms with van der Waals surface area (Å²) in [6, 6.07) is 3.14. The number of rotatable bonds is 7. The summed E-state index contributed by atoms with van der Waals surface area (Å²) in [6.45, 7) is 3.00. The highest BCUT2D eigenvalue weighted by molar-refractivity contribution is 7.91. The Bertz CT molecular complexity index is 441. The summed E-state index contributed by atoms with van der Waals surface area (Å²) in [5.41, 5.74) is 0. The first-order valence-corrected chi connectivity index (χ1v) is 7.51. The number of nitrogens with zero attached hydrogens (tertiary/aromatic N) is 1. The van der Waals surface area contributed by atoms with Crippen molar-refractivity contribution in [1.82, 2.24) is 4.31 Å². The molecule has 0 amide bonds. The zero-order valence-electron chi connectivity index (χ0n) is 9.92. The Hall–Kier alpha value is -0.470. The normalized spacial score (nSPS) is 12.2. The largest absolute Gasteiger partial charge is 0.391 e. The van der Waals surface area contributed by atoms with Crippen molar-refractivity contribution in [3.8, 4) is 0 Å². The third kappa shape index (κ3) is 3.75. The third-order valence-corrected chi connectivity index (χ3v) is 5.61. The number of thiophene rings is 1. The fraction of sp³-hybridized carbons (Fsp3) is 0.600. The van der Waals surface area contributed by atoms with Crippen LogP contribution in [0.4, 0.5) is 0 Å². The minimum Gasteiger partial charge on any atom is -0.391 e. The second kappa shape index (κ2) is 6.46. The van der Waals surface area contributed by atoms with Crippen LogP contribution < -0.4 is 0 Å². The Kier molecular flexibility index (Phi) is 5.54. The molecule has 0 fully saturated rings. The predicted molar refractivity (Wildman–Crippen MR) is 66.6 cm³/mol. The predicted octanol–water partition coefficient (Wildman–Crippen LogP) is 0.897. The van der Waals surface area contributed by atoms with Crippen molar-refractivity contribution in [1.29, 1.82) is 0 Å². The number of sulfonamides is 1. The number of hydrogen-bond donors (Lipinski definition) is 1. The van der Waals surface area contributed by atoms with Crippen molar-refractivity contribution < 1.29 is 18.3 Å². The maximum absolute atomic E-state index is 12.1. The van der Waals surface area contributed by atoms with Crippen molar-refractivity contribution >= 4 is 21.4 Å². The van der Waals surface area contributed by atoms with Crippen molar-refractivity contribution in [2.24, 2.45) is 0 Å². The molecule has 1 rings (SSSR count). The van der Waals surface area contributed by atoms with Crippen molar-refractivity contribution in [2.45, 2.75) is 17.7 Å². The quantitative estimate of drug-likeness (QED) is 0.753. The Balaban J connectivity index is 2.73. The van der Waals surface area contributed by atoms with Crippen LogP contribution in [0.25, 0.3) is 0 Å². The van der Waals surface area contributed by atoms with E-state index in [0.717, 1.165) is 11.3 Å². The first kappa shape index (κ1) is 14.6. The van der Waals surface area contributed by atoms with Gasteiger partial charge in [-0.2, -0.15) is 4.31 Å². The molecule has 0 radical (unpaired) electrons. The molecule has 0 aliphatic carbocycles. The van der Waals surface area contributed by atoms with E-state index in [1.54, 1.807) is 6.07 Å². The van der Waals surface area contributed by atoms with Crippen molar-refractivity contribution in [3.05, 3.63) is 17.0 Å². The molecule has 1 aromatic rings. The van der Waals surface area contributed by atoms with Gasteiger partial charge in [0.25, 0.3) is 10.0 Å². The summed E-state index contributed by atoms with van der Waals surface area (Å²) in [5.74, 6) is 0. The number of aliphatic hydroxyl groups is 1. The molecule has 0 aliphatic heterocycles. The van der Waals surface area contributed by atoms with Gasteiger partial charge in [-0.05, 0) is 19.1 Å². The molecule has 98 valence electrons. The molecular formula is C10H17NO4S2. The number of likely N-dealkylation sites (N-methyl/N-ethyl adjacent to an activating group) is 1. The van der Waals surface area contributed by atoms with Crippen LogP contribution in [0.5, 0.6) is 0 Å². The fourth-order valence-electron chi connectivity index (χ4n) is 1.19. The topological polar surface area (TPSA) is 66.8 Å². The molecule has 7 heteroatoms. The van der Waals surface area contributed by atoms with Crippen LogP contribution in [0.15, 0.2) is 16.3 Å². The monoisotopic (exact) mass is 279 g/mol. The molecule has 1 aromatic heterocycles. The smallest absolute Gasteiger partial charge is 0.252 e. The van der Waals surface area contributed by atoms with E-state index in [2.05, 4.69) is 0 Å². The van der Waals surface area contributed by atoms with Crippen LogP contribution >= 0.6 is 11.3 Å². The summed E-state index contributed by atoms with van der Waals surface area (Å²) < 4.78 is 30.7. The molecule has 0 spiro atoms. The molecule has 0 saturated carbocycles. The lowest BCUT2D eigenvalue weighted by atomic mass is 10.5. The van der Waals surface area contributed by atoms with E-state index < -0.39 is 10.0 Å². The molecule has 0 unspecified atom stereocenters. The molecule has 0 aromatic carbocycles. The summed E-state index contributed by atoms with van der Waals surface area (Å²) in [7, 11) is -1.93. The number of ether oxygens (including phenoxy) is 1.